The number of nitrogens with one attached hydrogen (secondary N) is 1. The summed E-state index contributed by atoms with van der Waals surface area (Å²) >= 11 is 1.55. The Bertz CT molecular complexity index is 816. The van der Waals surface area contributed by atoms with Gasteiger partial charge in [0.25, 0.3) is 5.91 Å². The topological polar surface area (TPSA) is 68.7 Å². The van der Waals surface area contributed by atoms with Gasteiger partial charge in [0.05, 0.1) is 17.5 Å². The largest absolute Gasteiger partial charge is 0.393 e. The van der Waals surface area contributed by atoms with Crippen molar-refractivity contribution < 1.29 is 9.90 Å². The van der Waals surface area contributed by atoms with E-state index in [1.165, 1.54) is 12.8 Å². The van der Waals surface area contributed by atoms with E-state index < -0.39 is 0 Å². The fourth-order valence-electron chi connectivity index (χ4n) is 4.00. The first kappa shape index (κ1) is 19.2. The molecular weight excluding hydrogens is 372 g/mol. The Morgan fingerprint density at radius 2 is 1.96 bits per heavy atom. The molecule has 1 atom stereocenters. The van der Waals surface area contributed by atoms with Crippen molar-refractivity contribution in [3.05, 3.63) is 35.3 Å². The Hall–Kier alpha value is -2.12. The number of aliphatic hydroxyl groups excluding tert-OH is 1. The molecule has 2 N–H and O–H groups in total. The maximum Gasteiger partial charge on any atom is 0.275 e. The summed E-state index contributed by atoms with van der Waals surface area (Å²) in [7, 11) is 0. The van der Waals surface area contributed by atoms with Gasteiger partial charge < -0.3 is 20.2 Å². The smallest absolute Gasteiger partial charge is 0.275 e. The first-order valence-electron chi connectivity index (χ1n) is 10.2. The van der Waals surface area contributed by atoms with E-state index >= 15 is 0 Å². The van der Waals surface area contributed by atoms with Crippen molar-refractivity contribution in [2.45, 2.75) is 38.7 Å². The number of hydrogen-bond donors (Lipinski definition) is 2. The van der Waals surface area contributed by atoms with Gasteiger partial charge in [-0.25, -0.2) is 4.98 Å². The Labute approximate surface area is 170 Å². The van der Waals surface area contributed by atoms with Crippen molar-refractivity contribution >= 4 is 33.8 Å². The number of nitrogens with zero attached hydrogens (tertiary/aromatic N) is 3. The number of amides is 1. The molecule has 0 bridgehead atoms. The Balaban J connectivity index is 1.45. The summed E-state index contributed by atoms with van der Waals surface area (Å²) in [4.78, 5) is 21.9. The number of thiazole rings is 1. The molecule has 1 aromatic heterocycles. The minimum absolute atomic E-state index is 0.168. The lowest BCUT2D eigenvalue weighted by Gasteiger charge is -2.32. The van der Waals surface area contributed by atoms with Crippen molar-refractivity contribution in [1.29, 1.82) is 0 Å². The summed E-state index contributed by atoms with van der Waals surface area (Å²) in [5.74, 6) is 0.564. The zero-order valence-electron chi connectivity index (χ0n) is 16.3. The van der Waals surface area contributed by atoms with Gasteiger partial charge in [0, 0.05) is 31.6 Å². The Morgan fingerprint density at radius 1 is 1.21 bits per heavy atom. The van der Waals surface area contributed by atoms with Gasteiger partial charge >= 0.3 is 0 Å². The predicted molar refractivity (Wildman–Crippen MR) is 115 cm³/mol. The summed E-state index contributed by atoms with van der Waals surface area (Å²) in [6.07, 6.45) is 3.69. The summed E-state index contributed by atoms with van der Waals surface area (Å²) in [6, 6.07) is 7.86. The van der Waals surface area contributed by atoms with Crippen molar-refractivity contribution in [2.24, 2.45) is 5.92 Å². The summed E-state index contributed by atoms with van der Waals surface area (Å²) in [5, 5.41) is 15.6. The third kappa shape index (κ3) is 4.15. The van der Waals surface area contributed by atoms with Crippen LogP contribution in [0.2, 0.25) is 0 Å². The molecule has 2 aliphatic heterocycles. The molecule has 0 saturated carbocycles. The fourth-order valence-corrected chi connectivity index (χ4v) is 4.84. The van der Waals surface area contributed by atoms with Crippen LogP contribution in [0.15, 0.2) is 29.6 Å². The third-order valence-electron chi connectivity index (χ3n) is 5.82. The van der Waals surface area contributed by atoms with E-state index in [9.17, 15) is 9.90 Å². The molecule has 2 aliphatic rings. The monoisotopic (exact) mass is 400 g/mol. The molecular formula is C21H28N4O2S. The maximum absolute atomic E-state index is 12.8. The van der Waals surface area contributed by atoms with E-state index in [2.05, 4.69) is 27.0 Å². The van der Waals surface area contributed by atoms with E-state index in [1.54, 1.807) is 11.3 Å². The van der Waals surface area contributed by atoms with E-state index in [0.717, 1.165) is 61.4 Å². The first-order chi connectivity index (χ1) is 13.6. The highest BCUT2D eigenvalue weighted by Gasteiger charge is 2.25. The SMILES string of the molecule is CCC1CCN(c2nc(C(=O)Nc3ccccc3N3CCC(O)CC3)cs2)C1. The number of rotatable bonds is 5. The summed E-state index contributed by atoms with van der Waals surface area (Å²) < 4.78 is 0. The van der Waals surface area contributed by atoms with E-state index in [0.29, 0.717) is 5.69 Å². The molecule has 1 aromatic carbocycles. The number of aliphatic hydroxyl groups is 1. The zero-order valence-corrected chi connectivity index (χ0v) is 17.1. The maximum atomic E-state index is 12.8. The van der Waals surface area contributed by atoms with Crippen molar-refractivity contribution in [2.75, 3.05) is 41.3 Å². The number of hydrogen-bond acceptors (Lipinski definition) is 6. The highest BCUT2D eigenvalue weighted by Crippen LogP contribution is 2.31. The lowest BCUT2D eigenvalue weighted by atomic mass is 10.1. The highest BCUT2D eigenvalue weighted by molar-refractivity contribution is 7.14. The van der Waals surface area contributed by atoms with Crippen molar-refractivity contribution in [3.63, 3.8) is 0 Å². The average molecular weight is 401 g/mol. The van der Waals surface area contributed by atoms with E-state index in [-0.39, 0.29) is 12.0 Å². The van der Waals surface area contributed by atoms with Gasteiger partial charge in [-0.2, -0.15) is 0 Å². The number of aromatic nitrogens is 1. The molecule has 3 heterocycles. The highest BCUT2D eigenvalue weighted by atomic mass is 32.1. The Morgan fingerprint density at radius 3 is 2.71 bits per heavy atom. The summed E-state index contributed by atoms with van der Waals surface area (Å²) in [6.45, 7) is 5.88. The van der Waals surface area contributed by atoms with Gasteiger partial charge in [0.2, 0.25) is 0 Å². The second-order valence-corrected chi connectivity index (χ2v) is 8.55. The first-order valence-corrected chi connectivity index (χ1v) is 11.1. The lowest BCUT2D eigenvalue weighted by molar-refractivity contribution is 0.102. The van der Waals surface area contributed by atoms with Gasteiger partial charge in [-0.05, 0) is 37.3 Å². The van der Waals surface area contributed by atoms with Crippen LogP contribution in [0.4, 0.5) is 16.5 Å². The van der Waals surface area contributed by atoms with Crippen LogP contribution in [0.25, 0.3) is 0 Å². The van der Waals surface area contributed by atoms with Crippen molar-refractivity contribution in [1.82, 2.24) is 4.98 Å². The summed E-state index contributed by atoms with van der Waals surface area (Å²) in [5.41, 5.74) is 2.28. The van der Waals surface area contributed by atoms with E-state index in [4.69, 9.17) is 0 Å². The van der Waals surface area contributed by atoms with Crippen LogP contribution < -0.4 is 15.1 Å². The lowest BCUT2D eigenvalue weighted by Crippen LogP contribution is -2.36. The predicted octanol–water partition coefficient (Wildman–Crippen LogP) is 3.59. The molecule has 2 aromatic rings. The molecule has 1 amide bonds. The standard InChI is InChI=1S/C21H28N4O2S/c1-2-15-7-10-25(13-15)21-23-18(14-28-21)20(27)22-17-5-3-4-6-19(17)24-11-8-16(26)9-12-24/h3-6,14-16,26H,2,7-13H2,1H3,(H,22,27). The fraction of sp³-hybridized carbons (Fsp3) is 0.524. The van der Waals surface area contributed by atoms with Crippen molar-refractivity contribution in [3.8, 4) is 0 Å². The molecule has 0 radical (unpaired) electrons. The van der Waals surface area contributed by atoms with Gasteiger partial charge in [0.1, 0.15) is 5.69 Å². The molecule has 7 heteroatoms. The van der Waals surface area contributed by atoms with Gasteiger partial charge in [0.15, 0.2) is 5.13 Å². The molecule has 2 saturated heterocycles. The molecule has 4 rings (SSSR count). The van der Waals surface area contributed by atoms with Crippen LogP contribution in [0.3, 0.4) is 0 Å². The molecule has 0 aliphatic carbocycles. The second-order valence-electron chi connectivity index (χ2n) is 7.71. The van der Waals surface area contributed by atoms with Gasteiger partial charge in [-0.1, -0.05) is 25.5 Å². The quantitative estimate of drug-likeness (QED) is 0.803. The normalized spacial score (nSPS) is 20.6. The van der Waals surface area contributed by atoms with Gasteiger partial charge in [-0.15, -0.1) is 11.3 Å². The average Bonchev–Trinajstić information content (AvgIpc) is 3.38. The number of para-hydroxylation sites is 2. The minimum atomic E-state index is -0.218. The number of benzene rings is 1. The number of carbonyl (C=O) groups excluding carboxylic acids is 1. The third-order valence-corrected chi connectivity index (χ3v) is 6.72. The van der Waals surface area contributed by atoms with Crippen LogP contribution in [0, 0.1) is 5.92 Å². The molecule has 0 spiro atoms. The number of carbonyl (C=O) groups is 1. The zero-order chi connectivity index (χ0) is 19.5. The van der Waals surface area contributed by atoms with Gasteiger partial charge in [-0.3, -0.25) is 4.79 Å². The van der Waals surface area contributed by atoms with Crippen LogP contribution in [0.1, 0.15) is 43.1 Å². The van der Waals surface area contributed by atoms with Crippen LogP contribution in [0.5, 0.6) is 0 Å². The molecule has 6 nitrogen and oxygen atoms in total. The molecule has 2 fully saturated rings. The number of anilines is 3. The molecule has 1 unspecified atom stereocenters. The number of piperidine rings is 1. The van der Waals surface area contributed by atoms with Crippen LogP contribution in [-0.2, 0) is 0 Å². The molecule has 150 valence electrons. The van der Waals surface area contributed by atoms with Crippen LogP contribution >= 0.6 is 11.3 Å². The molecule has 28 heavy (non-hydrogen) atoms. The second kappa shape index (κ2) is 8.49. The Kier molecular flexibility index (Phi) is 5.82. The minimum Gasteiger partial charge on any atom is -0.393 e. The van der Waals surface area contributed by atoms with Crippen LogP contribution in [-0.4, -0.2) is 48.3 Å². The van der Waals surface area contributed by atoms with E-state index in [1.807, 2.05) is 29.6 Å².